The van der Waals surface area contributed by atoms with E-state index < -0.39 is 7.92 Å². The van der Waals surface area contributed by atoms with E-state index in [-0.39, 0.29) is 11.5 Å². The Labute approximate surface area is 164 Å². The Balaban J connectivity index is 1.68. The zero-order valence-corrected chi connectivity index (χ0v) is 17.5. The van der Waals surface area contributed by atoms with Gasteiger partial charge in [-0.1, -0.05) is 87.9 Å². The Kier molecular flexibility index (Phi) is 5.37. The van der Waals surface area contributed by atoms with Gasteiger partial charge >= 0.3 is 0 Å². The Bertz CT molecular complexity index is 742. The van der Waals surface area contributed by atoms with Crippen LogP contribution in [0.25, 0.3) is 0 Å². The van der Waals surface area contributed by atoms with Crippen molar-refractivity contribution in [3.8, 4) is 0 Å². The molecule has 0 radical (unpaired) electrons. The van der Waals surface area contributed by atoms with Crippen LogP contribution in [-0.2, 0) is 4.74 Å². The summed E-state index contributed by atoms with van der Waals surface area (Å²) >= 11 is 0. The van der Waals surface area contributed by atoms with Crippen molar-refractivity contribution in [2.24, 2.45) is 16.3 Å². The summed E-state index contributed by atoms with van der Waals surface area (Å²) in [6, 6.07) is 22.5. The molecule has 2 aliphatic rings. The second-order valence-electron chi connectivity index (χ2n) is 8.81. The molecule has 0 N–H and O–H groups in total. The molecule has 1 aliphatic carbocycles. The molecule has 0 aromatic heterocycles. The van der Waals surface area contributed by atoms with E-state index in [2.05, 4.69) is 81.4 Å². The Morgan fingerprint density at radius 1 is 0.889 bits per heavy atom. The van der Waals surface area contributed by atoms with Crippen LogP contribution in [0, 0.1) is 11.3 Å². The maximum Gasteiger partial charge on any atom is 0.187 e. The predicted molar refractivity (Wildman–Crippen MR) is 117 cm³/mol. The summed E-state index contributed by atoms with van der Waals surface area (Å²) < 4.78 is 6.19. The molecular formula is C24H30NOP. The number of ether oxygens (including phenoxy) is 1. The lowest BCUT2D eigenvalue weighted by atomic mass is 9.88. The van der Waals surface area contributed by atoms with Gasteiger partial charge < -0.3 is 4.74 Å². The minimum atomic E-state index is -0.411. The average Bonchev–Trinajstić information content (AvgIpc) is 3.33. The van der Waals surface area contributed by atoms with Gasteiger partial charge in [0, 0.05) is 5.92 Å². The molecule has 0 saturated heterocycles. The van der Waals surface area contributed by atoms with Crippen molar-refractivity contribution in [3.63, 3.8) is 0 Å². The quantitative estimate of drug-likeness (QED) is 0.675. The number of nitrogens with zero attached hydrogens (tertiary/aromatic N) is 1. The second kappa shape index (κ2) is 7.76. The number of aliphatic imine (C=N–C) groups is 1. The Morgan fingerprint density at radius 3 is 2.00 bits per heavy atom. The molecule has 1 fully saturated rings. The fourth-order valence-corrected chi connectivity index (χ4v) is 7.41. The first-order valence-electron chi connectivity index (χ1n) is 10.1. The molecule has 1 saturated carbocycles. The van der Waals surface area contributed by atoms with Crippen molar-refractivity contribution in [1.29, 1.82) is 0 Å². The summed E-state index contributed by atoms with van der Waals surface area (Å²) in [6.45, 7) is 7.54. The van der Waals surface area contributed by atoms with Gasteiger partial charge in [0.1, 0.15) is 6.61 Å². The third-order valence-electron chi connectivity index (χ3n) is 5.87. The fourth-order valence-electron chi connectivity index (χ4n) is 4.29. The molecule has 142 valence electrons. The number of hydrogen-bond donors (Lipinski definition) is 0. The third-order valence-corrected chi connectivity index (χ3v) is 8.86. The smallest absolute Gasteiger partial charge is 0.187 e. The number of benzene rings is 2. The van der Waals surface area contributed by atoms with Gasteiger partial charge in [-0.05, 0) is 42.4 Å². The van der Waals surface area contributed by atoms with Crippen LogP contribution in [0.5, 0.6) is 0 Å². The summed E-state index contributed by atoms with van der Waals surface area (Å²) in [4.78, 5) is 5.07. The summed E-state index contributed by atoms with van der Waals surface area (Å²) in [5.41, 5.74) is 0.779. The van der Waals surface area contributed by atoms with Gasteiger partial charge in [-0.25, -0.2) is 4.99 Å². The lowest BCUT2D eigenvalue weighted by Gasteiger charge is -2.29. The topological polar surface area (TPSA) is 21.6 Å². The van der Waals surface area contributed by atoms with Crippen molar-refractivity contribution in [3.05, 3.63) is 60.7 Å². The molecule has 1 heterocycles. The van der Waals surface area contributed by atoms with Crippen molar-refractivity contribution in [2.75, 3.05) is 6.61 Å². The molecule has 0 bridgehead atoms. The van der Waals surface area contributed by atoms with E-state index in [0.29, 0.717) is 11.6 Å². The van der Waals surface area contributed by atoms with Crippen molar-refractivity contribution < 1.29 is 4.74 Å². The second-order valence-corrected chi connectivity index (χ2v) is 11.2. The number of hydrogen-bond acceptors (Lipinski definition) is 2. The normalized spacial score (nSPS) is 25.5. The molecule has 27 heavy (non-hydrogen) atoms. The molecule has 0 spiro atoms. The van der Waals surface area contributed by atoms with E-state index in [1.807, 2.05) is 0 Å². The highest BCUT2D eigenvalue weighted by molar-refractivity contribution is 7.73. The molecule has 1 aliphatic heterocycles. The monoisotopic (exact) mass is 379 g/mol. The highest BCUT2D eigenvalue weighted by Gasteiger charge is 2.42. The third kappa shape index (κ3) is 3.97. The van der Waals surface area contributed by atoms with Gasteiger partial charge in [0.2, 0.25) is 0 Å². The van der Waals surface area contributed by atoms with E-state index in [9.17, 15) is 0 Å². The van der Waals surface area contributed by atoms with Crippen LogP contribution in [0.15, 0.2) is 65.7 Å². The largest absolute Gasteiger partial charge is 0.478 e. The van der Waals surface area contributed by atoms with Gasteiger partial charge in [-0.2, -0.15) is 0 Å². The van der Waals surface area contributed by atoms with E-state index in [1.165, 1.54) is 29.9 Å². The van der Waals surface area contributed by atoms with Crippen LogP contribution in [-0.4, -0.2) is 24.2 Å². The molecule has 4 rings (SSSR count). The van der Waals surface area contributed by atoms with Crippen LogP contribution in [0.3, 0.4) is 0 Å². The minimum absolute atomic E-state index is 0.166. The van der Waals surface area contributed by atoms with Gasteiger partial charge in [0.25, 0.3) is 0 Å². The van der Waals surface area contributed by atoms with Crippen LogP contribution < -0.4 is 10.6 Å². The molecule has 3 atom stereocenters. The van der Waals surface area contributed by atoms with Gasteiger partial charge in [0.15, 0.2) is 5.90 Å². The van der Waals surface area contributed by atoms with E-state index >= 15 is 0 Å². The maximum absolute atomic E-state index is 6.19. The van der Waals surface area contributed by atoms with Gasteiger partial charge in [-0.15, -0.1) is 0 Å². The van der Waals surface area contributed by atoms with Crippen molar-refractivity contribution in [2.45, 2.75) is 51.7 Å². The first-order valence-corrected chi connectivity index (χ1v) is 11.5. The van der Waals surface area contributed by atoms with Crippen molar-refractivity contribution in [1.82, 2.24) is 0 Å². The zero-order chi connectivity index (χ0) is 18.9. The lowest BCUT2D eigenvalue weighted by Crippen LogP contribution is -2.29. The molecular weight excluding hydrogens is 349 g/mol. The Morgan fingerprint density at radius 2 is 1.48 bits per heavy atom. The van der Waals surface area contributed by atoms with E-state index in [4.69, 9.17) is 9.73 Å². The first-order chi connectivity index (χ1) is 13.0. The van der Waals surface area contributed by atoms with Gasteiger partial charge in [-0.3, -0.25) is 0 Å². The highest BCUT2D eigenvalue weighted by Crippen LogP contribution is 2.51. The molecule has 2 aromatic carbocycles. The highest BCUT2D eigenvalue weighted by atomic mass is 31.1. The van der Waals surface area contributed by atoms with Crippen LogP contribution in [0.2, 0.25) is 0 Å². The maximum atomic E-state index is 6.19. The summed E-state index contributed by atoms with van der Waals surface area (Å²) in [6.07, 6.45) is 3.75. The fraction of sp³-hybridized carbons (Fsp3) is 0.458. The summed E-state index contributed by atoms with van der Waals surface area (Å²) in [5, 5.41) is 2.95. The minimum Gasteiger partial charge on any atom is -0.478 e. The zero-order valence-electron chi connectivity index (χ0n) is 16.6. The molecule has 1 unspecified atom stereocenters. The molecule has 0 amide bonds. The molecule has 3 heteroatoms. The summed E-state index contributed by atoms with van der Waals surface area (Å²) in [5.74, 6) is 1.50. The first kappa shape index (κ1) is 18.7. The Hall–Kier alpha value is -1.66. The van der Waals surface area contributed by atoms with Crippen molar-refractivity contribution >= 4 is 24.4 Å². The average molecular weight is 379 g/mol. The van der Waals surface area contributed by atoms with E-state index in [0.717, 1.165) is 12.5 Å². The lowest BCUT2D eigenvalue weighted by molar-refractivity contribution is 0.229. The molecule has 2 aromatic rings. The van der Waals surface area contributed by atoms with Crippen LogP contribution in [0.1, 0.15) is 40.0 Å². The number of rotatable bonds is 4. The van der Waals surface area contributed by atoms with Crippen LogP contribution >= 0.6 is 7.92 Å². The standard InChI is InChI=1S/C24H30NOP/c1-24(2,3)22-17-26-23(25-22)20-15-10-16-21(20)27(18-11-6-4-7-12-18)19-13-8-5-9-14-19/h4-9,11-14,20-22H,10,15-17H2,1-3H3/t20?,21-,22+/m0/s1. The van der Waals surface area contributed by atoms with E-state index in [1.54, 1.807) is 0 Å². The predicted octanol–water partition coefficient (Wildman–Crippen LogP) is 5.13. The van der Waals surface area contributed by atoms with Crippen LogP contribution in [0.4, 0.5) is 0 Å². The molecule has 2 nitrogen and oxygen atoms in total. The summed E-state index contributed by atoms with van der Waals surface area (Å²) in [7, 11) is -0.411. The van der Waals surface area contributed by atoms with Gasteiger partial charge in [0.05, 0.1) is 6.04 Å². The SMILES string of the molecule is CC(C)(C)[C@H]1COC(C2CCC[C@@H]2P(c2ccccc2)c2ccccc2)=N1.